The second kappa shape index (κ2) is 6.19. The average Bonchev–Trinajstić information content (AvgIpc) is 2.51. The second-order valence-electron chi connectivity index (χ2n) is 2.77. The molecule has 0 saturated carbocycles. The van der Waals surface area contributed by atoms with Crippen LogP contribution in [0.4, 0.5) is 0 Å². The van der Waals surface area contributed by atoms with Crippen LogP contribution in [-0.4, -0.2) is 13.1 Å². The maximum absolute atomic E-state index is 5.78. The van der Waals surface area contributed by atoms with Gasteiger partial charge in [-0.1, -0.05) is 24.6 Å². The first-order chi connectivity index (χ1) is 6.33. The van der Waals surface area contributed by atoms with Crippen molar-refractivity contribution in [2.45, 2.75) is 13.3 Å². The van der Waals surface area contributed by atoms with Crippen LogP contribution in [0.25, 0.3) is 6.08 Å². The molecule has 3 heteroatoms. The fraction of sp³-hybridized carbons (Fsp3) is 0.400. The van der Waals surface area contributed by atoms with Gasteiger partial charge in [0.2, 0.25) is 0 Å². The molecule has 0 atom stereocenters. The van der Waals surface area contributed by atoms with E-state index in [1.165, 1.54) is 11.3 Å². The lowest BCUT2D eigenvalue weighted by Gasteiger charge is -1.95. The first-order valence-corrected chi connectivity index (χ1v) is 5.70. The van der Waals surface area contributed by atoms with Crippen molar-refractivity contribution in [3.63, 3.8) is 0 Å². The van der Waals surface area contributed by atoms with E-state index < -0.39 is 0 Å². The molecule has 72 valence electrons. The Morgan fingerprint density at radius 1 is 1.62 bits per heavy atom. The minimum atomic E-state index is 0.825. The molecule has 13 heavy (non-hydrogen) atoms. The molecule has 1 heterocycles. The van der Waals surface area contributed by atoms with Gasteiger partial charge < -0.3 is 5.32 Å². The van der Waals surface area contributed by atoms with Crippen LogP contribution >= 0.6 is 22.9 Å². The highest BCUT2D eigenvalue weighted by molar-refractivity contribution is 7.11. The van der Waals surface area contributed by atoms with Gasteiger partial charge in [0.05, 0.1) is 5.02 Å². The first kappa shape index (κ1) is 10.8. The van der Waals surface area contributed by atoms with Gasteiger partial charge in [0.15, 0.2) is 0 Å². The molecule has 1 aromatic heterocycles. The molecular formula is C10H14ClNS. The van der Waals surface area contributed by atoms with Crippen LogP contribution < -0.4 is 5.32 Å². The van der Waals surface area contributed by atoms with Crippen LogP contribution in [0.2, 0.25) is 5.02 Å². The number of thiophene rings is 1. The molecule has 0 aliphatic heterocycles. The summed E-state index contributed by atoms with van der Waals surface area (Å²) >= 11 is 7.45. The van der Waals surface area contributed by atoms with E-state index in [4.69, 9.17) is 11.6 Å². The van der Waals surface area contributed by atoms with Crippen molar-refractivity contribution in [1.82, 2.24) is 5.32 Å². The van der Waals surface area contributed by atoms with Gasteiger partial charge in [-0.2, -0.15) is 0 Å². The monoisotopic (exact) mass is 215 g/mol. The maximum Gasteiger partial charge on any atom is 0.0519 e. The molecule has 0 unspecified atom stereocenters. The van der Waals surface area contributed by atoms with E-state index in [1.807, 2.05) is 11.4 Å². The SMILES string of the molecule is CCCNCC=Cc1cc(Cl)cs1. The average molecular weight is 216 g/mol. The van der Waals surface area contributed by atoms with Gasteiger partial charge >= 0.3 is 0 Å². The highest BCUT2D eigenvalue weighted by Gasteiger charge is 1.91. The van der Waals surface area contributed by atoms with E-state index in [2.05, 4.69) is 24.4 Å². The van der Waals surface area contributed by atoms with Gasteiger partial charge in [-0.05, 0) is 25.1 Å². The molecule has 1 N–H and O–H groups in total. The third kappa shape index (κ3) is 4.46. The highest BCUT2D eigenvalue weighted by Crippen LogP contribution is 2.19. The van der Waals surface area contributed by atoms with Crippen LogP contribution in [-0.2, 0) is 0 Å². The van der Waals surface area contributed by atoms with E-state index in [0.29, 0.717) is 0 Å². The molecule has 0 aliphatic carbocycles. The lowest BCUT2D eigenvalue weighted by atomic mass is 10.4. The molecule has 0 fully saturated rings. The lowest BCUT2D eigenvalue weighted by molar-refractivity contribution is 0.730. The van der Waals surface area contributed by atoms with Gasteiger partial charge in [-0.3, -0.25) is 0 Å². The fourth-order valence-electron chi connectivity index (χ4n) is 0.953. The number of halogens is 1. The lowest BCUT2D eigenvalue weighted by Crippen LogP contribution is -2.13. The van der Waals surface area contributed by atoms with Crippen molar-refractivity contribution in [2.75, 3.05) is 13.1 Å². The third-order valence-electron chi connectivity index (χ3n) is 1.56. The Kier molecular flexibility index (Phi) is 5.13. The molecule has 0 bridgehead atoms. The van der Waals surface area contributed by atoms with Gasteiger partial charge in [0.25, 0.3) is 0 Å². The van der Waals surface area contributed by atoms with E-state index in [-0.39, 0.29) is 0 Å². The normalized spacial score (nSPS) is 11.2. The Hall–Kier alpha value is -0.310. The number of hydrogen-bond acceptors (Lipinski definition) is 2. The van der Waals surface area contributed by atoms with Gasteiger partial charge in [-0.15, -0.1) is 11.3 Å². The summed E-state index contributed by atoms with van der Waals surface area (Å²) in [4.78, 5) is 1.21. The Morgan fingerprint density at radius 3 is 3.08 bits per heavy atom. The summed E-state index contributed by atoms with van der Waals surface area (Å²) in [5.74, 6) is 0. The van der Waals surface area contributed by atoms with E-state index >= 15 is 0 Å². The predicted molar refractivity (Wildman–Crippen MR) is 61.5 cm³/mol. The number of hydrogen-bond donors (Lipinski definition) is 1. The maximum atomic E-state index is 5.78. The molecule has 0 aliphatic rings. The molecule has 0 spiro atoms. The van der Waals surface area contributed by atoms with Crippen LogP contribution in [0.15, 0.2) is 17.5 Å². The minimum Gasteiger partial charge on any atom is -0.313 e. The molecular weight excluding hydrogens is 202 g/mol. The Balaban J connectivity index is 2.24. The van der Waals surface area contributed by atoms with Gasteiger partial charge in [-0.25, -0.2) is 0 Å². The van der Waals surface area contributed by atoms with Gasteiger partial charge in [0.1, 0.15) is 0 Å². The van der Waals surface area contributed by atoms with Gasteiger partial charge in [0, 0.05) is 16.8 Å². The summed E-state index contributed by atoms with van der Waals surface area (Å²) in [7, 11) is 0. The molecule has 0 amide bonds. The van der Waals surface area contributed by atoms with Crippen LogP contribution in [0.3, 0.4) is 0 Å². The molecule has 0 radical (unpaired) electrons. The van der Waals surface area contributed by atoms with E-state index in [1.54, 1.807) is 11.3 Å². The van der Waals surface area contributed by atoms with Crippen molar-refractivity contribution in [2.24, 2.45) is 0 Å². The molecule has 0 aromatic carbocycles. The Bertz CT molecular complexity index is 268. The van der Waals surface area contributed by atoms with Crippen LogP contribution in [0.5, 0.6) is 0 Å². The quantitative estimate of drug-likeness (QED) is 0.743. The minimum absolute atomic E-state index is 0.825. The van der Waals surface area contributed by atoms with Crippen LogP contribution in [0, 0.1) is 0 Å². The smallest absolute Gasteiger partial charge is 0.0519 e. The summed E-state index contributed by atoms with van der Waals surface area (Å²) in [6.45, 7) is 4.18. The third-order valence-corrected chi connectivity index (χ3v) is 2.80. The zero-order valence-corrected chi connectivity index (χ0v) is 9.29. The summed E-state index contributed by atoms with van der Waals surface area (Å²) in [6.07, 6.45) is 5.40. The Morgan fingerprint density at radius 2 is 2.46 bits per heavy atom. The highest BCUT2D eigenvalue weighted by atomic mass is 35.5. The largest absolute Gasteiger partial charge is 0.313 e. The standard InChI is InChI=1S/C10H14ClNS/c1-2-5-12-6-3-4-10-7-9(11)8-13-10/h3-4,7-8,12H,2,5-6H2,1H3. The first-order valence-electron chi connectivity index (χ1n) is 4.44. The molecule has 1 aromatic rings. The van der Waals surface area contributed by atoms with Crippen molar-refractivity contribution in [3.05, 3.63) is 27.4 Å². The summed E-state index contributed by atoms with van der Waals surface area (Å²) < 4.78 is 0. The number of rotatable bonds is 5. The zero-order chi connectivity index (χ0) is 9.52. The van der Waals surface area contributed by atoms with E-state index in [0.717, 1.165) is 18.1 Å². The zero-order valence-electron chi connectivity index (χ0n) is 7.72. The van der Waals surface area contributed by atoms with Crippen molar-refractivity contribution in [3.8, 4) is 0 Å². The Labute approximate surface area is 88.4 Å². The molecule has 1 rings (SSSR count). The number of nitrogens with one attached hydrogen (secondary N) is 1. The second-order valence-corrected chi connectivity index (χ2v) is 4.15. The van der Waals surface area contributed by atoms with Crippen LogP contribution in [0.1, 0.15) is 18.2 Å². The summed E-state index contributed by atoms with van der Waals surface area (Å²) in [6, 6.07) is 1.97. The van der Waals surface area contributed by atoms with Crippen molar-refractivity contribution >= 4 is 29.0 Å². The fourth-order valence-corrected chi connectivity index (χ4v) is 1.96. The van der Waals surface area contributed by atoms with Crippen molar-refractivity contribution in [1.29, 1.82) is 0 Å². The predicted octanol–water partition coefficient (Wildman–Crippen LogP) is 3.41. The molecule has 0 saturated heterocycles. The molecule has 1 nitrogen and oxygen atoms in total. The summed E-state index contributed by atoms with van der Waals surface area (Å²) in [5, 5.41) is 6.07. The summed E-state index contributed by atoms with van der Waals surface area (Å²) in [5.41, 5.74) is 0. The van der Waals surface area contributed by atoms with E-state index in [9.17, 15) is 0 Å². The van der Waals surface area contributed by atoms with Crippen molar-refractivity contribution < 1.29 is 0 Å². The topological polar surface area (TPSA) is 12.0 Å².